The van der Waals surface area contributed by atoms with Crippen LogP contribution in [0.4, 0.5) is 11.4 Å². The van der Waals surface area contributed by atoms with Crippen LogP contribution in [0.3, 0.4) is 0 Å². The van der Waals surface area contributed by atoms with Gasteiger partial charge in [-0.15, -0.1) is 11.8 Å². The van der Waals surface area contributed by atoms with E-state index in [9.17, 15) is 14.4 Å². The maximum atomic E-state index is 12.0. The smallest absolute Gasteiger partial charge is 0.221 e. The largest absolute Gasteiger partial charge is 0.326 e. The maximum absolute atomic E-state index is 12.0. The molecule has 2 N–H and O–H groups in total. The molecule has 0 spiro atoms. The summed E-state index contributed by atoms with van der Waals surface area (Å²) in [7, 11) is 0. The fourth-order valence-corrected chi connectivity index (χ4v) is 3.10. The molecular weight excluding hydrogens is 264 g/mol. The van der Waals surface area contributed by atoms with Gasteiger partial charge in [-0.05, 0) is 12.1 Å². The van der Waals surface area contributed by atoms with Crippen molar-refractivity contribution in [2.45, 2.75) is 25.2 Å². The standard InChI is InChI=1S/C13H14N2O3S/c1-7(16)14-9-3-4-10(15-8(2)17)13-12(9)11(18)5-6-19-13/h3-4H,5-6H2,1-2H3,(H,14,16)(H,15,17). The topological polar surface area (TPSA) is 75.3 Å². The van der Waals surface area contributed by atoms with Crippen molar-refractivity contribution >= 4 is 40.7 Å². The molecular formula is C13H14N2O3S. The van der Waals surface area contributed by atoms with Crippen LogP contribution >= 0.6 is 11.8 Å². The number of fused-ring (bicyclic) bond motifs is 1. The Morgan fingerprint density at radius 1 is 1.11 bits per heavy atom. The van der Waals surface area contributed by atoms with Gasteiger partial charge in [-0.25, -0.2) is 0 Å². The number of amides is 2. The fourth-order valence-electron chi connectivity index (χ4n) is 1.96. The van der Waals surface area contributed by atoms with Gasteiger partial charge in [0, 0.05) is 30.9 Å². The predicted octanol–water partition coefficient (Wildman–Crippen LogP) is 2.28. The lowest BCUT2D eigenvalue weighted by Gasteiger charge is -2.21. The molecule has 0 saturated heterocycles. The monoisotopic (exact) mass is 278 g/mol. The van der Waals surface area contributed by atoms with Crippen LogP contribution in [-0.4, -0.2) is 23.4 Å². The van der Waals surface area contributed by atoms with E-state index in [4.69, 9.17) is 0 Å². The first-order valence-corrected chi connectivity index (χ1v) is 6.86. The second-order valence-corrected chi connectivity index (χ2v) is 5.35. The number of thioether (sulfide) groups is 1. The van der Waals surface area contributed by atoms with Gasteiger partial charge < -0.3 is 10.6 Å². The van der Waals surface area contributed by atoms with Gasteiger partial charge in [0.1, 0.15) is 0 Å². The van der Waals surface area contributed by atoms with Crippen molar-refractivity contribution in [3.63, 3.8) is 0 Å². The third-order valence-electron chi connectivity index (χ3n) is 2.63. The van der Waals surface area contributed by atoms with Crippen LogP contribution in [0.1, 0.15) is 30.6 Å². The molecule has 1 aromatic carbocycles. The highest BCUT2D eigenvalue weighted by Crippen LogP contribution is 2.40. The maximum Gasteiger partial charge on any atom is 0.221 e. The van der Waals surface area contributed by atoms with Crippen LogP contribution in [0.5, 0.6) is 0 Å². The molecule has 100 valence electrons. The summed E-state index contributed by atoms with van der Waals surface area (Å²) in [4.78, 5) is 35.1. The number of carbonyl (C=O) groups excluding carboxylic acids is 3. The zero-order valence-electron chi connectivity index (χ0n) is 10.7. The first-order valence-electron chi connectivity index (χ1n) is 5.87. The minimum Gasteiger partial charge on any atom is -0.326 e. The van der Waals surface area contributed by atoms with Crippen LogP contribution in [0.25, 0.3) is 0 Å². The predicted molar refractivity (Wildman–Crippen MR) is 74.7 cm³/mol. The summed E-state index contributed by atoms with van der Waals surface area (Å²) in [5, 5.41) is 5.37. The van der Waals surface area contributed by atoms with Gasteiger partial charge in [-0.2, -0.15) is 0 Å². The van der Waals surface area contributed by atoms with Crippen LogP contribution in [0.2, 0.25) is 0 Å². The van der Waals surface area contributed by atoms with Gasteiger partial charge in [-0.3, -0.25) is 14.4 Å². The van der Waals surface area contributed by atoms with Gasteiger partial charge in [-0.1, -0.05) is 0 Å². The Hall–Kier alpha value is -1.82. The van der Waals surface area contributed by atoms with Gasteiger partial charge >= 0.3 is 0 Å². The van der Waals surface area contributed by atoms with Crippen molar-refractivity contribution in [2.24, 2.45) is 0 Å². The number of nitrogens with one attached hydrogen (secondary N) is 2. The summed E-state index contributed by atoms with van der Waals surface area (Å²) in [6, 6.07) is 3.35. The average molecular weight is 278 g/mol. The molecule has 1 aliphatic heterocycles. The minimum atomic E-state index is -0.224. The highest BCUT2D eigenvalue weighted by Gasteiger charge is 2.24. The quantitative estimate of drug-likeness (QED) is 0.870. The molecule has 0 aromatic heterocycles. The number of Topliss-reactive ketones (excluding diaryl/α,β-unsaturated/α-hetero) is 1. The molecule has 2 amide bonds. The summed E-state index contributed by atoms with van der Waals surface area (Å²) in [6.07, 6.45) is 0.438. The summed E-state index contributed by atoms with van der Waals surface area (Å²) >= 11 is 1.52. The minimum absolute atomic E-state index is 0.00954. The Morgan fingerprint density at radius 2 is 1.68 bits per heavy atom. The lowest BCUT2D eigenvalue weighted by atomic mass is 10.0. The van der Waals surface area contributed by atoms with Crippen LogP contribution in [0.15, 0.2) is 17.0 Å². The van der Waals surface area contributed by atoms with Gasteiger partial charge in [0.25, 0.3) is 0 Å². The van der Waals surface area contributed by atoms with Gasteiger partial charge in [0.05, 0.1) is 16.9 Å². The number of ketones is 1. The van der Waals surface area contributed by atoms with Gasteiger partial charge in [0.2, 0.25) is 11.8 Å². The van der Waals surface area contributed by atoms with E-state index in [0.29, 0.717) is 29.1 Å². The average Bonchev–Trinajstić information content (AvgIpc) is 2.31. The van der Waals surface area contributed by atoms with E-state index < -0.39 is 0 Å². The van der Waals surface area contributed by atoms with E-state index >= 15 is 0 Å². The van der Waals surface area contributed by atoms with E-state index in [1.54, 1.807) is 12.1 Å². The molecule has 1 aliphatic rings. The van der Waals surface area contributed by atoms with Crippen molar-refractivity contribution in [1.29, 1.82) is 0 Å². The Labute approximate surface area is 115 Å². The van der Waals surface area contributed by atoms with Crippen molar-refractivity contribution < 1.29 is 14.4 Å². The molecule has 1 heterocycles. The molecule has 0 radical (unpaired) electrons. The molecule has 0 bridgehead atoms. The Morgan fingerprint density at radius 3 is 2.32 bits per heavy atom. The van der Waals surface area contributed by atoms with E-state index in [-0.39, 0.29) is 17.6 Å². The van der Waals surface area contributed by atoms with Crippen molar-refractivity contribution in [3.8, 4) is 0 Å². The number of hydrogen-bond donors (Lipinski definition) is 2. The van der Waals surface area contributed by atoms with Crippen molar-refractivity contribution in [2.75, 3.05) is 16.4 Å². The summed E-state index contributed by atoms with van der Waals surface area (Å²) < 4.78 is 0. The van der Waals surface area contributed by atoms with Crippen LogP contribution < -0.4 is 10.6 Å². The van der Waals surface area contributed by atoms with Crippen LogP contribution in [-0.2, 0) is 9.59 Å². The molecule has 5 nitrogen and oxygen atoms in total. The number of anilines is 2. The number of hydrogen-bond acceptors (Lipinski definition) is 4. The first-order chi connectivity index (χ1) is 8.99. The van der Waals surface area contributed by atoms with E-state index in [0.717, 1.165) is 4.90 Å². The van der Waals surface area contributed by atoms with E-state index in [2.05, 4.69) is 10.6 Å². The zero-order chi connectivity index (χ0) is 14.0. The van der Waals surface area contributed by atoms with E-state index in [1.165, 1.54) is 25.6 Å². The molecule has 6 heteroatoms. The number of carbonyl (C=O) groups is 3. The lowest BCUT2D eigenvalue weighted by Crippen LogP contribution is -2.17. The van der Waals surface area contributed by atoms with Crippen molar-refractivity contribution in [3.05, 3.63) is 17.7 Å². The van der Waals surface area contributed by atoms with Crippen molar-refractivity contribution in [1.82, 2.24) is 0 Å². The highest BCUT2D eigenvalue weighted by molar-refractivity contribution is 7.99. The number of rotatable bonds is 2. The Kier molecular flexibility index (Phi) is 3.90. The normalized spacial score (nSPS) is 13.7. The van der Waals surface area contributed by atoms with E-state index in [1.807, 2.05) is 0 Å². The Bertz CT molecular complexity index is 569. The SMILES string of the molecule is CC(=O)Nc1ccc(NC(C)=O)c2c1SCCC2=O. The Balaban J connectivity index is 2.52. The molecule has 2 rings (SSSR count). The van der Waals surface area contributed by atoms with Gasteiger partial charge in [0.15, 0.2) is 5.78 Å². The summed E-state index contributed by atoms with van der Waals surface area (Å²) in [5.41, 5.74) is 1.63. The molecule has 0 fully saturated rings. The first kappa shape index (κ1) is 13.6. The highest BCUT2D eigenvalue weighted by atomic mass is 32.2. The third-order valence-corrected chi connectivity index (χ3v) is 3.75. The van der Waals surface area contributed by atoms with Crippen LogP contribution in [0, 0.1) is 0 Å². The molecule has 19 heavy (non-hydrogen) atoms. The lowest BCUT2D eigenvalue weighted by molar-refractivity contribution is -0.115. The summed E-state index contributed by atoms with van der Waals surface area (Å²) in [5.74, 6) is 0.262. The number of benzene rings is 1. The zero-order valence-corrected chi connectivity index (χ0v) is 11.5. The second-order valence-electron chi connectivity index (χ2n) is 4.25. The molecule has 0 saturated carbocycles. The third kappa shape index (κ3) is 2.96. The summed E-state index contributed by atoms with van der Waals surface area (Å²) in [6.45, 7) is 2.82. The molecule has 0 atom stereocenters. The molecule has 0 unspecified atom stereocenters. The second kappa shape index (κ2) is 5.44. The molecule has 1 aromatic rings. The fraction of sp³-hybridized carbons (Fsp3) is 0.308. The molecule has 0 aliphatic carbocycles.